The minimum Gasteiger partial charge on any atom is -0.424 e. The van der Waals surface area contributed by atoms with E-state index < -0.39 is 12.8 Å². The van der Waals surface area contributed by atoms with E-state index in [4.69, 9.17) is 20.5 Å². The molecule has 0 unspecified atom stereocenters. The second-order valence-corrected chi connectivity index (χ2v) is 8.46. The summed E-state index contributed by atoms with van der Waals surface area (Å²) in [5.41, 5.74) is 0.920. The Kier molecular flexibility index (Phi) is 4.29. The van der Waals surface area contributed by atoms with E-state index in [0.717, 1.165) is 54.3 Å². The van der Waals surface area contributed by atoms with Gasteiger partial charge in [-0.15, -0.1) is 5.10 Å². The summed E-state index contributed by atoms with van der Waals surface area (Å²) in [7, 11) is 0. The maximum absolute atomic E-state index is 13.7. The van der Waals surface area contributed by atoms with Gasteiger partial charge in [-0.1, -0.05) is 11.6 Å². The van der Waals surface area contributed by atoms with E-state index in [1.807, 2.05) is 13.0 Å². The number of hydrogen-bond acceptors (Lipinski definition) is 7. The Morgan fingerprint density at radius 2 is 2.00 bits per heavy atom. The van der Waals surface area contributed by atoms with Crippen LogP contribution in [-0.4, -0.2) is 43.9 Å². The van der Waals surface area contributed by atoms with Crippen molar-refractivity contribution in [1.82, 2.24) is 24.7 Å². The first-order valence-corrected chi connectivity index (χ1v) is 10.4. The fraction of sp³-hybridized carbons (Fsp3) is 0.429. The summed E-state index contributed by atoms with van der Waals surface area (Å²) in [6, 6.07) is 5.40. The first-order chi connectivity index (χ1) is 16.2. The Labute approximate surface area is 188 Å². The summed E-state index contributed by atoms with van der Waals surface area (Å²) >= 11 is 5.89. The second kappa shape index (κ2) is 7.96. The average Bonchev–Trinajstić information content (AvgIpc) is 3.23. The number of halogens is 2. The SMILES string of the molecule is [2H]C([2H])([2H])n1nc(N[C@H]2[C@@H]3CC[C@H]2CN(c2cc(C)ncn2)C3)nc1Oc1cc(F)cc(Cl)c1. The van der Waals surface area contributed by atoms with Crippen LogP contribution in [0.3, 0.4) is 0 Å². The van der Waals surface area contributed by atoms with Crippen LogP contribution in [0.15, 0.2) is 30.6 Å². The minimum atomic E-state index is -2.63. The predicted molar refractivity (Wildman–Crippen MR) is 115 cm³/mol. The fourth-order valence-corrected chi connectivity index (χ4v) is 4.74. The third-order valence-electron chi connectivity index (χ3n) is 5.87. The zero-order valence-corrected chi connectivity index (χ0v) is 17.6. The van der Waals surface area contributed by atoms with Crippen molar-refractivity contribution in [1.29, 1.82) is 0 Å². The van der Waals surface area contributed by atoms with Crippen molar-refractivity contribution in [3.8, 4) is 11.8 Å². The zero-order chi connectivity index (χ0) is 24.0. The number of piperidine rings is 1. The van der Waals surface area contributed by atoms with E-state index in [2.05, 4.69) is 30.3 Å². The van der Waals surface area contributed by atoms with E-state index in [1.165, 1.54) is 6.07 Å². The number of nitrogens with zero attached hydrogens (tertiary/aromatic N) is 6. The molecule has 8 nitrogen and oxygen atoms in total. The van der Waals surface area contributed by atoms with E-state index in [9.17, 15) is 4.39 Å². The molecule has 1 saturated carbocycles. The zero-order valence-electron chi connectivity index (χ0n) is 19.8. The molecule has 162 valence electrons. The third-order valence-corrected chi connectivity index (χ3v) is 6.08. The van der Waals surface area contributed by atoms with E-state index >= 15 is 0 Å². The van der Waals surface area contributed by atoms with Crippen LogP contribution >= 0.6 is 11.6 Å². The highest BCUT2D eigenvalue weighted by molar-refractivity contribution is 6.30. The molecule has 2 aliphatic rings. The predicted octanol–water partition coefficient (Wildman–Crippen LogP) is 3.83. The smallest absolute Gasteiger partial charge is 0.321 e. The maximum atomic E-state index is 13.7. The lowest BCUT2D eigenvalue weighted by atomic mass is 9.92. The topological polar surface area (TPSA) is 81.0 Å². The first kappa shape index (κ1) is 16.7. The van der Waals surface area contributed by atoms with E-state index in [-0.39, 0.29) is 28.8 Å². The van der Waals surface area contributed by atoms with Crippen LogP contribution in [0, 0.1) is 24.6 Å². The van der Waals surface area contributed by atoms with E-state index in [0.29, 0.717) is 11.8 Å². The molecule has 3 aromatic rings. The van der Waals surface area contributed by atoms with Gasteiger partial charge >= 0.3 is 6.01 Å². The van der Waals surface area contributed by atoms with Gasteiger partial charge in [-0.25, -0.2) is 19.0 Å². The molecule has 2 aromatic heterocycles. The molecule has 1 aliphatic carbocycles. The van der Waals surface area contributed by atoms with Gasteiger partial charge in [-0.05, 0) is 43.7 Å². The molecule has 0 amide bonds. The van der Waals surface area contributed by atoms with Crippen LogP contribution in [0.25, 0.3) is 0 Å². The molecule has 0 radical (unpaired) electrons. The average molecular weight is 447 g/mol. The summed E-state index contributed by atoms with van der Waals surface area (Å²) in [5, 5.41) is 7.60. The summed E-state index contributed by atoms with van der Waals surface area (Å²) < 4.78 is 43.4. The standard InChI is InChI=1S/C21H23ClFN7O/c1-12-5-18(25-11-24-12)30-9-13-3-4-14(10-30)19(13)26-20-27-21(29(2)28-20)31-17-7-15(22)6-16(23)8-17/h5-8,11,13-14,19H,3-4,9-10H2,1-2H3,(H,26,28)/t13-,14+,19+/i2D3. The molecule has 1 N–H and O–H groups in total. The Balaban J connectivity index is 1.36. The van der Waals surface area contributed by atoms with Gasteiger partial charge in [0, 0.05) is 53.1 Å². The van der Waals surface area contributed by atoms with Gasteiger partial charge in [0.1, 0.15) is 23.7 Å². The number of aryl methyl sites for hydroxylation is 2. The first-order valence-electron chi connectivity index (χ1n) is 11.6. The van der Waals surface area contributed by atoms with Gasteiger partial charge in [0.15, 0.2) is 0 Å². The maximum Gasteiger partial charge on any atom is 0.321 e. The Hall–Kier alpha value is -2.94. The number of hydrogen-bond donors (Lipinski definition) is 1. The van der Waals surface area contributed by atoms with Crippen LogP contribution < -0.4 is 15.0 Å². The lowest BCUT2D eigenvalue weighted by Gasteiger charge is -2.38. The van der Waals surface area contributed by atoms with Crippen LogP contribution in [0.2, 0.25) is 5.02 Å². The van der Waals surface area contributed by atoms with Crippen molar-refractivity contribution in [2.45, 2.75) is 25.8 Å². The van der Waals surface area contributed by atoms with E-state index in [1.54, 1.807) is 6.33 Å². The number of rotatable bonds is 5. The number of fused-ring (bicyclic) bond motifs is 2. The Morgan fingerprint density at radius 3 is 2.71 bits per heavy atom. The lowest BCUT2D eigenvalue weighted by molar-refractivity contribution is 0.374. The molecule has 1 saturated heterocycles. The quantitative estimate of drug-likeness (QED) is 0.637. The molecule has 1 aromatic carbocycles. The summed E-state index contributed by atoms with van der Waals surface area (Å²) in [4.78, 5) is 15.1. The van der Waals surface area contributed by atoms with Crippen molar-refractivity contribution in [2.24, 2.45) is 18.8 Å². The number of aromatic nitrogens is 5. The second-order valence-electron chi connectivity index (χ2n) is 8.03. The number of benzene rings is 1. The van der Waals surface area contributed by atoms with Crippen molar-refractivity contribution >= 4 is 23.4 Å². The molecular weight excluding hydrogens is 421 g/mol. The number of nitrogens with one attached hydrogen (secondary N) is 1. The van der Waals surface area contributed by atoms with Gasteiger partial charge in [-0.3, -0.25) is 0 Å². The van der Waals surface area contributed by atoms with Gasteiger partial charge < -0.3 is 15.0 Å². The number of ether oxygens (including phenoxy) is 1. The summed E-state index contributed by atoms with van der Waals surface area (Å²) in [5.74, 6) is 1.13. The molecule has 5 rings (SSSR count). The molecular formula is C21H23ClFN7O. The molecule has 0 spiro atoms. The normalized spacial score (nSPS) is 24.4. The molecule has 31 heavy (non-hydrogen) atoms. The molecule has 3 heterocycles. The third kappa shape index (κ3) is 4.14. The van der Waals surface area contributed by atoms with Crippen molar-refractivity contribution < 1.29 is 13.2 Å². The Bertz CT molecular complexity index is 1170. The largest absolute Gasteiger partial charge is 0.424 e. The minimum absolute atomic E-state index is 0.0305. The molecule has 2 fully saturated rings. The van der Waals surface area contributed by atoms with Crippen molar-refractivity contribution in [2.75, 3.05) is 23.3 Å². The highest BCUT2D eigenvalue weighted by Crippen LogP contribution is 2.39. The molecule has 2 bridgehead atoms. The molecule has 1 aliphatic heterocycles. The van der Waals surface area contributed by atoms with Crippen LogP contribution in [0.4, 0.5) is 16.2 Å². The monoisotopic (exact) mass is 446 g/mol. The lowest BCUT2D eigenvalue weighted by Crippen LogP contribution is -2.48. The van der Waals surface area contributed by atoms with Gasteiger partial charge in [0.05, 0.1) is 0 Å². The van der Waals surface area contributed by atoms with Crippen LogP contribution in [-0.2, 0) is 6.98 Å². The molecule has 3 atom stereocenters. The fourth-order valence-electron chi connectivity index (χ4n) is 4.53. The van der Waals surface area contributed by atoms with Crippen LogP contribution in [0.1, 0.15) is 22.6 Å². The summed E-state index contributed by atoms with van der Waals surface area (Å²) in [6.45, 7) is 0.941. The van der Waals surface area contributed by atoms with Gasteiger partial charge in [0.25, 0.3) is 0 Å². The summed E-state index contributed by atoms with van der Waals surface area (Å²) in [6.07, 6.45) is 3.65. The van der Waals surface area contributed by atoms with Gasteiger partial charge in [-0.2, -0.15) is 4.98 Å². The molecule has 10 heteroatoms. The highest BCUT2D eigenvalue weighted by Gasteiger charge is 2.43. The van der Waals surface area contributed by atoms with Crippen LogP contribution in [0.5, 0.6) is 11.8 Å². The van der Waals surface area contributed by atoms with Gasteiger partial charge in [0.2, 0.25) is 5.95 Å². The van der Waals surface area contributed by atoms with Crippen molar-refractivity contribution in [3.63, 3.8) is 0 Å². The highest BCUT2D eigenvalue weighted by atomic mass is 35.5. The van der Waals surface area contributed by atoms with Crippen molar-refractivity contribution in [3.05, 3.63) is 47.1 Å². The number of anilines is 2. The Morgan fingerprint density at radius 1 is 1.19 bits per heavy atom.